The van der Waals surface area contributed by atoms with Gasteiger partial charge in [0.1, 0.15) is 18.2 Å². The molecule has 1 N–H and O–H groups in total. The second-order valence-corrected chi connectivity index (χ2v) is 5.88. The molecule has 0 fully saturated rings. The van der Waals surface area contributed by atoms with Crippen LogP contribution in [0.1, 0.15) is 26.7 Å². The van der Waals surface area contributed by atoms with Crippen LogP contribution in [0.5, 0.6) is 0 Å². The van der Waals surface area contributed by atoms with Gasteiger partial charge in [0, 0.05) is 23.6 Å². The molecule has 4 rings (SSSR count). The van der Waals surface area contributed by atoms with Crippen molar-refractivity contribution in [3.63, 3.8) is 0 Å². The summed E-state index contributed by atoms with van der Waals surface area (Å²) in [6.07, 6.45) is 6.24. The Balaban J connectivity index is 1.56. The minimum Gasteiger partial charge on any atom is -0.329 e. The predicted molar refractivity (Wildman–Crippen MR) is 100.0 cm³/mol. The van der Waals surface area contributed by atoms with Crippen LogP contribution in [-0.2, 0) is 6.67 Å². The lowest BCUT2D eigenvalue weighted by atomic mass is 10.2. The molecule has 0 unspecified atom stereocenters. The van der Waals surface area contributed by atoms with Crippen molar-refractivity contribution in [2.75, 3.05) is 10.2 Å². The van der Waals surface area contributed by atoms with E-state index in [2.05, 4.69) is 10.3 Å². The quantitative estimate of drug-likeness (QED) is 0.737. The topological polar surface area (TPSA) is 67.2 Å². The second-order valence-electron chi connectivity index (χ2n) is 5.88. The molecule has 0 saturated heterocycles. The van der Waals surface area contributed by atoms with Gasteiger partial charge in [-0.05, 0) is 30.3 Å². The van der Waals surface area contributed by atoms with Crippen LogP contribution in [0, 0.1) is 0 Å². The van der Waals surface area contributed by atoms with Crippen molar-refractivity contribution in [1.82, 2.24) is 9.55 Å². The Labute approximate surface area is 150 Å². The number of imidazole rings is 1. The first-order valence-electron chi connectivity index (χ1n) is 8.17. The van der Waals surface area contributed by atoms with Crippen LogP contribution in [-0.4, -0.2) is 21.7 Å². The highest BCUT2D eigenvalue weighted by Crippen LogP contribution is 2.24. The number of nitrogens with one attached hydrogen (secondary N) is 1. The molecule has 0 radical (unpaired) electrons. The Hall–Kier alpha value is -3.67. The number of carbonyl (C=O) groups is 2. The van der Waals surface area contributed by atoms with E-state index < -0.39 is 0 Å². The lowest BCUT2D eigenvalue weighted by Crippen LogP contribution is -2.24. The maximum atomic E-state index is 12.4. The number of carbonyl (C=O) groups excluding carboxylic acids is 2. The number of hydrogen-bond donors (Lipinski definition) is 1. The molecule has 1 aliphatic heterocycles. The van der Waals surface area contributed by atoms with Gasteiger partial charge in [0.15, 0.2) is 6.29 Å². The standard InChI is InChI=1S/C20H16N4O2/c25-13-15-6-4-5-9-18(15)23-11-10-19-22-17(12-24(19)14-23)20(26)21-16-7-2-1-3-8-16/h1-13H,14H2,(H,21,26). The Morgan fingerprint density at radius 3 is 2.65 bits per heavy atom. The first-order chi connectivity index (χ1) is 12.7. The van der Waals surface area contributed by atoms with E-state index in [4.69, 9.17) is 0 Å². The highest BCUT2D eigenvalue weighted by molar-refractivity contribution is 6.03. The molecule has 1 amide bonds. The Bertz CT molecular complexity index is 992. The number of fused-ring (bicyclic) bond motifs is 1. The zero-order valence-electron chi connectivity index (χ0n) is 13.9. The summed E-state index contributed by atoms with van der Waals surface area (Å²) in [5, 5.41) is 2.83. The van der Waals surface area contributed by atoms with E-state index in [-0.39, 0.29) is 5.91 Å². The molecule has 26 heavy (non-hydrogen) atoms. The van der Waals surface area contributed by atoms with E-state index in [0.717, 1.165) is 17.7 Å². The van der Waals surface area contributed by atoms with Gasteiger partial charge in [-0.3, -0.25) is 9.59 Å². The Kier molecular flexibility index (Phi) is 4.07. The van der Waals surface area contributed by atoms with E-state index in [9.17, 15) is 9.59 Å². The summed E-state index contributed by atoms with van der Waals surface area (Å²) in [7, 11) is 0. The second kappa shape index (κ2) is 6.68. The smallest absolute Gasteiger partial charge is 0.275 e. The molecule has 1 aromatic heterocycles. The molecular formula is C20H16N4O2. The summed E-state index contributed by atoms with van der Waals surface area (Å²) in [5.74, 6) is 0.439. The van der Waals surface area contributed by atoms with Gasteiger partial charge in [0.25, 0.3) is 5.91 Å². The molecule has 6 nitrogen and oxygen atoms in total. The lowest BCUT2D eigenvalue weighted by Gasteiger charge is -2.25. The average molecular weight is 344 g/mol. The summed E-state index contributed by atoms with van der Waals surface area (Å²) < 4.78 is 1.88. The van der Waals surface area contributed by atoms with Crippen molar-refractivity contribution < 1.29 is 9.59 Å². The third-order valence-corrected chi connectivity index (χ3v) is 4.15. The third-order valence-electron chi connectivity index (χ3n) is 4.15. The molecule has 0 spiro atoms. The summed E-state index contributed by atoms with van der Waals surface area (Å²) in [6, 6.07) is 16.6. The molecule has 2 aromatic carbocycles. The zero-order valence-corrected chi connectivity index (χ0v) is 13.9. The number of para-hydroxylation sites is 2. The highest BCUT2D eigenvalue weighted by atomic mass is 16.2. The number of rotatable bonds is 4. The largest absolute Gasteiger partial charge is 0.329 e. The Morgan fingerprint density at radius 1 is 1.08 bits per heavy atom. The van der Waals surface area contributed by atoms with Crippen LogP contribution in [0.2, 0.25) is 0 Å². The van der Waals surface area contributed by atoms with Gasteiger partial charge in [-0.15, -0.1) is 0 Å². The molecule has 128 valence electrons. The number of nitrogens with zero attached hydrogens (tertiary/aromatic N) is 3. The number of aldehydes is 1. The van der Waals surface area contributed by atoms with Crippen LogP contribution in [0.3, 0.4) is 0 Å². The molecule has 1 aliphatic rings. The minimum absolute atomic E-state index is 0.258. The van der Waals surface area contributed by atoms with Gasteiger partial charge in [-0.25, -0.2) is 4.98 Å². The van der Waals surface area contributed by atoms with Crippen molar-refractivity contribution in [3.8, 4) is 0 Å². The fourth-order valence-electron chi connectivity index (χ4n) is 2.88. The maximum absolute atomic E-state index is 12.4. The monoisotopic (exact) mass is 344 g/mol. The third kappa shape index (κ3) is 3.00. The highest BCUT2D eigenvalue weighted by Gasteiger charge is 2.19. The molecule has 6 heteroatoms. The van der Waals surface area contributed by atoms with Gasteiger partial charge in [0.05, 0.1) is 5.69 Å². The summed E-state index contributed by atoms with van der Waals surface area (Å²) in [5.41, 5.74) is 2.50. The summed E-state index contributed by atoms with van der Waals surface area (Å²) in [6.45, 7) is 0.475. The van der Waals surface area contributed by atoms with Gasteiger partial charge >= 0.3 is 0 Å². The van der Waals surface area contributed by atoms with Crippen molar-refractivity contribution in [3.05, 3.63) is 84.1 Å². The number of benzene rings is 2. The summed E-state index contributed by atoms with van der Waals surface area (Å²) in [4.78, 5) is 30.0. The SMILES string of the molecule is O=Cc1ccccc1N1C=Cc2nc(C(=O)Nc3ccccc3)cn2C1. The molecule has 2 heterocycles. The van der Waals surface area contributed by atoms with Crippen LogP contribution in [0.15, 0.2) is 67.0 Å². The zero-order chi connectivity index (χ0) is 17.9. The van der Waals surface area contributed by atoms with Gasteiger partial charge in [0.2, 0.25) is 0 Å². The molecule has 0 saturated carbocycles. The van der Waals surface area contributed by atoms with E-state index in [0.29, 0.717) is 23.8 Å². The van der Waals surface area contributed by atoms with Gasteiger partial charge in [-0.2, -0.15) is 0 Å². The van der Waals surface area contributed by atoms with Crippen LogP contribution in [0.4, 0.5) is 11.4 Å². The van der Waals surface area contributed by atoms with Crippen LogP contribution >= 0.6 is 0 Å². The Morgan fingerprint density at radius 2 is 1.85 bits per heavy atom. The molecule has 0 bridgehead atoms. The first-order valence-corrected chi connectivity index (χ1v) is 8.17. The average Bonchev–Trinajstić information content (AvgIpc) is 3.12. The number of anilines is 2. The van der Waals surface area contributed by atoms with Gasteiger partial charge < -0.3 is 14.8 Å². The number of amides is 1. The van der Waals surface area contributed by atoms with Gasteiger partial charge in [-0.1, -0.05) is 30.3 Å². The molecular weight excluding hydrogens is 328 g/mol. The van der Waals surface area contributed by atoms with E-state index in [1.165, 1.54) is 0 Å². The minimum atomic E-state index is -0.258. The number of aromatic nitrogens is 2. The van der Waals surface area contributed by atoms with Crippen molar-refractivity contribution in [2.24, 2.45) is 0 Å². The fraction of sp³-hybridized carbons (Fsp3) is 0.0500. The van der Waals surface area contributed by atoms with Crippen molar-refractivity contribution >= 4 is 29.6 Å². The molecule has 3 aromatic rings. The van der Waals surface area contributed by atoms with E-state index >= 15 is 0 Å². The molecule has 0 atom stereocenters. The number of hydrogen-bond acceptors (Lipinski definition) is 4. The van der Waals surface area contributed by atoms with Crippen molar-refractivity contribution in [2.45, 2.75) is 6.67 Å². The first kappa shape index (κ1) is 15.8. The van der Waals surface area contributed by atoms with Crippen LogP contribution in [0.25, 0.3) is 6.08 Å². The van der Waals surface area contributed by atoms with Crippen LogP contribution < -0.4 is 10.2 Å². The van der Waals surface area contributed by atoms with E-state index in [1.807, 2.05) is 70.3 Å². The predicted octanol–water partition coefficient (Wildman–Crippen LogP) is 3.40. The fourth-order valence-corrected chi connectivity index (χ4v) is 2.88. The normalized spacial score (nSPS) is 12.5. The van der Waals surface area contributed by atoms with E-state index in [1.54, 1.807) is 12.3 Å². The van der Waals surface area contributed by atoms with Crippen molar-refractivity contribution in [1.29, 1.82) is 0 Å². The molecule has 0 aliphatic carbocycles. The summed E-state index contributed by atoms with van der Waals surface area (Å²) >= 11 is 0. The maximum Gasteiger partial charge on any atom is 0.275 e. The lowest BCUT2D eigenvalue weighted by molar-refractivity contribution is 0.102.